The van der Waals surface area contributed by atoms with Crippen molar-refractivity contribution in [1.82, 2.24) is 9.80 Å². The molecule has 0 spiro atoms. The highest BCUT2D eigenvalue weighted by atomic mass is 32.2. The van der Waals surface area contributed by atoms with E-state index in [0.29, 0.717) is 19.5 Å². The number of nitrogens with zero attached hydrogens (tertiary/aromatic N) is 2. The molecule has 25 heavy (non-hydrogen) atoms. The lowest BCUT2D eigenvalue weighted by Gasteiger charge is -2.35. The highest BCUT2D eigenvalue weighted by Gasteiger charge is 2.36. The third-order valence-electron chi connectivity index (χ3n) is 5.43. The van der Waals surface area contributed by atoms with Crippen molar-refractivity contribution in [2.75, 3.05) is 44.3 Å². The molecule has 3 heterocycles. The second-order valence-electron chi connectivity index (χ2n) is 7.24. The summed E-state index contributed by atoms with van der Waals surface area (Å²) in [5, 5.41) is 0. The van der Waals surface area contributed by atoms with Crippen LogP contribution in [0, 0.1) is 5.92 Å². The van der Waals surface area contributed by atoms with Crippen molar-refractivity contribution in [3.8, 4) is 5.75 Å². The van der Waals surface area contributed by atoms with Gasteiger partial charge in [0, 0.05) is 39.1 Å². The Morgan fingerprint density at radius 1 is 1.20 bits per heavy atom. The molecule has 1 aromatic rings. The molecule has 1 atom stereocenters. The van der Waals surface area contributed by atoms with Crippen molar-refractivity contribution >= 4 is 15.7 Å². The normalized spacial score (nSPS) is 25.6. The molecule has 0 N–H and O–H groups in total. The molecular formula is C18H24N2O4S. The van der Waals surface area contributed by atoms with Crippen molar-refractivity contribution in [3.05, 3.63) is 29.3 Å². The summed E-state index contributed by atoms with van der Waals surface area (Å²) < 4.78 is 28.7. The number of amides is 1. The van der Waals surface area contributed by atoms with Crippen LogP contribution in [-0.4, -0.2) is 68.4 Å². The summed E-state index contributed by atoms with van der Waals surface area (Å²) in [5.41, 5.74) is 2.57. The van der Waals surface area contributed by atoms with Crippen LogP contribution < -0.4 is 4.74 Å². The topological polar surface area (TPSA) is 66.9 Å². The number of fused-ring (bicyclic) bond motifs is 1. The van der Waals surface area contributed by atoms with Crippen LogP contribution >= 0.6 is 0 Å². The predicted octanol–water partition coefficient (Wildman–Crippen LogP) is 0.700. The minimum Gasteiger partial charge on any atom is -0.493 e. The second-order valence-corrected chi connectivity index (χ2v) is 9.47. The molecule has 0 unspecified atom stereocenters. The quantitative estimate of drug-likeness (QED) is 0.790. The van der Waals surface area contributed by atoms with Gasteiger partial charge in [0.25, 0.3) is 0 Å². The fraction of sp³-hybridized carbons (Fsp3) is 0.611. The molecule has 4 rings (SSSR count). The molecule has 7 heteroatoms. The first-order chi connectivity index (χ1) is 12.0. The van der Waals surface area contributed by atoms with E-state index in [1.54, 1.807) is 0 Å². The molecule has 3 aliphatic heterocycles. The number of sulfone groups is 1. The number of rotatable bonds is 3. The Kier molecular flexibility index (Phi) is 4.45. The van der Waals surface area contributed by atoms with Gasteiger partial charge in [0.05, 0.1) is 24.0 Å². The first-order valence-electron chi connectivity index (χ1n) is 8.96. The van der Waals surface area contributed by atoms with Crippen molar-refractivity contribution in [2.24, 2.45) is 5.92 Å². The van der Waals surface area contributed by atoms with E-state index < -0.39 is 9.84 Å². The summed E-state index contributed by atoms with van der Waals surface area (Å²) in [6, 6.07) is 6.40. The van der Waals surface area contributed by atoms with Crippen molar-refractivity contribution in [2.45, 2.75) is 19.4 Å². The number of carbonyl (C=O) groups excluding carboxylic acids is 1. The molecule has 1 aromatic carbocycles. The van der Waals surface area contributed by atoms with E-state index in [0.717, 1.165) is 38.4 Å². The maximum absolute atomic E-state index is 12.5. The van der Waals surface area contributed by atoms with Gasteiger partial charge in [-0.2, -0.15) is 0 Å². The Morgan fingerprint density at radius 2 is 2.00 bits per heavy atom. The first-order valence-corrected chi connectivity index (χ1v) is 10.8. The van der Waals surface area contributed by atoms with Gasteiger partial charge in [0.2, 0.25) is 5.91 Å². The largest absolute Gasteiger partial charge is 0.493 e. The Hall–Kier alpha value is -1.60. The van der Waals surface area contributed by atoms with Crippen LogP contribution in [0.1, 0.15) is 17.5 Å². The lowest BCUT2D eigenvalue weighted by Crippen LogP contribution is -2.50. The van der Waals surface area contributed by atoms with E-state index in [-0.39, 0.29) is 23.3 Å². The molecule has 0 bridgehead atoms. The van der Waals surface area contributed by atoms with E-state index in [4.69, 9.17) is 4.74 Å². The Bertz CT molecular complexity index is 769. The Labute approximate surface area is 148 Å². The van der Waals surface area contributed by atoms with E-state index in [1.165, 1.54) is 11.1 Å². The fourth-order valence-electron chi connectivity index (χ4n) is 3.97. The third-order valence-corrected chi connectivity index (χ3v) is 7.19. The Balaban J connectivity index is 1.30. The predicted molar refractivity (Wildman–Crippen MR) is 94.3 cm³/mol. The summed E-state index contributed by atoms with van der Waals surface area (Å²) in [7, 11) is -3.00. The molecule has 136 valence electrons. The number of carbonyl (C=O) groups is 1. The highest BCUT2D eigenvalue weighted by Crippen LogP contribution is 2.27. The van der Waals surface area contributed by atoms with E-state index >= 15 is 0 Å². The fourth-order valence-corrected chi connectivity index (χ4v) is 5.70. The molecule has 0 aliphatic carbocycles. The maximum Gasteiger partial charge on any atom is 0.226 e. The van der Waals surface area contributed by atoms with E-state index in [2.05, 4.69) is 23.1 Å². The summed E-state index contributed by atoms with van der Waals surface area (Å²) in [6.07, 6.45) is 1.47. The monoisotopic (exact) mass is 364 g/mol. The lowest BCUT2D eigenvalue weighted by atomic mass is 10.1. The summed E-state index contributed by atoms with van der Waals surface area (Å²) in [6.45, 7) is 4.69. The van der Waals surface area contributed by atoms with Crippen molar-refractivity contribution in [1.29, 1.82) is 0 Å². The molecule has 2 saturated heterocycles. The second kappa shape index (κ2) is 6.61. The zero-order valence-electron chi connectivity index (χ0n) is 14.3. The van der Waals surface area contributed by atoms with Gasteiger partial charge in [-0.15, -0.1) is 0 Å². The molecule has 3 aliphatic rings. The van der Waals surface area contributed by atoms with Crippen LogP contribution in [0.5, 0.6) is 5.75 Å². The van der Waals surface area contributed by atoms with Crippen LogP contribution in [0.15, 0.2) is 18.2 Å². The van der Waals surface area contributed by atoms with Crippen LogP contribution in [0.3, 0.4) is 0 Å². The zero-order valence-corrected chi connectivity index (χ0v) is 15.1. The van der Waals surface area contributed by atoms with Crippen molar-refractivity contribution in [3.63, 3.8) is 0 Å². The minimum absolute atomic E-state index is 0.0235. The van der Waals surface area contributed by atoms with Gasteiger partial charge >= 0.3 is 0 Å². The van der Waals surface area contributed by atoms with Crippen LogP contribution in [-0.2, 0) is 27.6 Å². The third kappa shape index (κ3) is 3.67. The van der Waals surface area contributed by atoms with Gasteiger partial charge in [0.1, 0.15) is 5.75 Å². The SMILES string of the molecule is O=C([C@@H]1CCS(=O)(=O)C1)N1CCN(Cc2ccc3c(c2)CCO3)CC1. The lowest BCUT2D eigenvalue weighted by molar-refractivity contribution is -0.136. The molecule has 1 amide bonds. The summed E-state index contributed by atoms with van der Waals surface area (Å²) in [4.78, 5) is 16.7. The number of benzene rings is 1. The van der Waals surface area contributed by atoms with E-state index in [9.17, 15) is 13.2 Å². The number of ether oxygens (including phenoxy) is 1. The molecule has 2 fully saturated rings. The van der Waals surface area contributed by atoms with Gasteiger partial charge in [-0.05, 0) is 23.6 Å². The molecule has 6 nitrogen and oxygen atoms in total. The maximum atomic E-state index is 12.5. The van der Waals surface area contributed by atoms with Gasteiger partial charge in [-0.25, -0.2) is 8.42 Å². The number of hydrogen-bond donors (Lipinski definition) is 0. The van der Waals surface area contributed by atoms with Crippen LogP contribution in [0.2, 0.25) is 0 Å². The molecule has 0 saturated carbocycles. The van der Waals surface area contributed by atoms with Crippen molar-refractivity contribution < 1.29 is 17.9 Å². The van der Waals surface area contributed by atoms with Crippen LogP contribution in [0.4, 0.5) is 0 Å². The standard InChI is InChI=1S/C18H24N2O4S/c21-18(16-4-10-25(22,23)13-16)20-7-5-19(6-8-20)12-14-1-2-17-15(11-14)3-9-24-17/h1-2,11,16H,3-10,12-13H2/t16-/m1/s1. The highest BCUT2D eigenvalue weighted by molar-refractivity contribution is 7.91. The smallest absolute Gasteiger partial charge is 0.226 e. The zero-order chi connectivity index (χ0) is 17.4. The van der Waals surface area contributed by atoms with Crippen LogP contribution in [0.25, 0.3) is 0 Å². The molecule has 0 radical (unpaired) electrons. The van der Waals surface area contributed by atoms with E-state index in [1.807, 2.05) is 4.90 Å². The van der Waals surface area contributed by atoms with Gasteiger partial charge in [-0.3, -0.25) is 9.69 Å². The summed E-state index contributed by atoms with van der Waals surface area (Å²) in [5.74, 6) is 0.892. The molecule has 0 aromatic heterocycles. The molecular weight excluding hydrogens is 340 g/mol. The van der Waals surface area contributed by atoms with Gasteiger partial charge in [-0.1, -0.05) is 12.1 Å². The van der Waals surface area contributed by atoms with Gasteiger partial charge in [0.15, 0.2) is 9.84 Å². The minimum atomic E-state index is -3.00. The first kappa shape index (κ1) is 16.8. The average molecular weight is 364 g/mol. The number of hydrogen-bond acceptors (Lipinski definition) is 5. The number of piperazine rings is 1. The average Bonchev–Trinajstić information content (AvgIpc) is 3.20. The van der Waals surface area contributed by atoms with Gasteiger partial charge < -0.3 is 9.64 Å². The summed E-state index contributed by atoms with van der Waals surface area (Å²) >= 11 is 0. The Morgan fingerprint density at radius 3 is 2.72 bits per heavy atom.